The molecule has 0 aliphatic heterocycles. The molecule has 0 atom stereocenters. The first-order valence-corrected chi connectivity index (χ1v) is 4.62. The van der Waals surface area contributed by atoms with E-state index in [2.05, 4.69) is 12.1 Å². The van der Waals surface area contributed by atoms with Gasteiger partial charge in [-0.3, -0.25) is 22.7 Å². The summed E-state index contributed by atoms with van der Waals surface area (Å²) in [6, 6.07) is 10.1. The molecule has 4 heteroatoms. The van der Waals surface area contributed by atoms with Crippen LogP contribution in [0.4, 0.5) is 0 Å². The minimum Gasteiger partial charge on any atom is -0.283 e. The van der Waals surface area contributed by atoms with E-state index >= 15 is 0 Å². The standard InChI is InChI=1S/C8H4S2.2Li/c1-3-7(9-5-1)8-4-2-6-10-8;;/h3-6H;;/q-2;2*+1. The summed E-state index contributed by atoms with van der Waals surface area (Å²) in [5.74, 6) is 0. The van der Waals surface area contributed by atoms with Crippen LogP contribution in [0.15, 0.2) is 22.9 Å². The maximum Gasteiger partial charge on any atom is 1.00 e. The molecular weight excluding hydrogens is 174 g/mol. The topological polar surface area (TPSA) is 0 Å². The second-order valence-electron chi connectivity index (χ2n) is 1.82. The number of thiophene rings is 2. The largest absolute Gasteiger partial charge is 1.00 e. The average molecular weight is 178 g/mol. The Morgan fingerprint density at radius 2 is 1.25 bits per heavy atom. The van der Waals surface area contributed by atoms with Crippen molar-refractivity contribution in [3.8, 4) is 9.75 Å². The third-order valence-corrected chi connectivity index (χ3v) is 3.00. The molecule has 0 aliphatic carbocycles. The molecule has 0 saturated carbocycles. The van der Waals surface area contributed by atoms with Crippen molar-refractivity contribution in [2.45, 2.75) is 0 Å². The zero-order valence-corrected chi connectivity index (χ0v) is 8.76. The molecule has 0 amide bonds. The van der Waals surface area contributed by atoms with Gasteiger partial charge in [-0.05, 0) is 0 Å². The van der Waals surface area contributed by atoms with Crippen LogP contribution in [-0.2, 0) is 0 Å². The third kappa shape index (κ3) is 2.82. The zero-order chi connectivity index (χ0) is 6.81. The molecule has 2 aromatic heterocycles. The molecule has 50 valence electrons. The van der Waals surface area contributed by atoms with Gasteiger partial charge in [-0.25, -0.2) is 24.3 Å². The van der Waals surface area contributed by atoms with E-state index in [0.717, 1.165) is 0 Å². The van der Waals surface area contributed by atoms with Gasteiger partial charge in [0, 0.05) is 0 Å². The second kappa shape index (κ2) is 6.11. The van der Waals surface area contributed by atoms with Crippen LogP contribution in [0.25, 0.3) is 9.75 Å². The van der Waals surface area contributed by atoms with Gasteiger partial charge in [-0.2, -0.15) is 9.75 Å². The molecule has 0 unspecified atom stereocenters. The molecule has 0 aromatic carbocycles. The minimum absolute atomic E-state index is 0. The number of rotatable bonds is 1. The van der Waals surface area contributed by atoms with E-state index in [1.54, 1.807) is 22.7 Å². The fourth-order valence-electron chi connectivity index (χ4n) is 0.741. The Morgan fingerprint density at radius 1 is 0.833 bits per heavy atom. The SMILES string of the molecule is [Li+].[Li+].[c-]1csc(-c2c[c-]cs2)c1. The predicted molar refractivity (Wildman–Crippen MR) is 45.3 cm³/mol. The normalized spacial score (nSPS) is 8.33. The first-order chi connectivity index (χ1) is 4.97. The first kappa shape index (κ1) is 12.6. The summed E-state index contributed by atoms with van der Waals surface area (Å²) in [7, 11) is 0. The molecule has 0 bridgehead atoms. The van der Waals surface area contributed by atoms with Gasteiger partial charge in [-0.1, -0.05) is 0 Å². The summed E-state index contributed by atoms with van der Waals surface area (Å²) < 4.78 is 0. The van der Waals surface area contributed by atoms with Crippen molar-refractivity contribution in [1.29, 1.82) is 0 Å². The van der Waals surface area contributed by atoms with Crippen molar-refractivity contribution in [3.05, 3.63) is 35.0 Å². The van der Waals surface area contributed by atoms with Crippen molar-refractivity contribution in [2.24, 2.45) is 0 Å². The van der Waals surface area contributed by atoms with Crippen LogP contribution in [0.3, 0.4) is 0 Å². The van der Waals surface area contributed by atoms with Crippen LogP contribution >= 0.6 is 22.7 Å². The maximum absolute atomic E-state index is 3.03. The maximum atomic E-state index is 3.03. The molecule has 0 N–H and O–H groups in total. The van der Waals surface area contributed by atoms with Gasteiger partial charge in [0.1, 0.15) is 0 Å². The van der Waals surface area contributed by atoms with Crippen molar-refractivity contribution in [3.63, 3.8) is 0 Å². The Balaban J connectivity index is 0.000000605. The van der Waals surface area contributed by atoms with Gasteiger partial charge in [0.15, 0.2) is 0 Å². The molecule has 0 spiro atoms. The molecule has 2 rings (SSSR count). The summed E-state index contributed by atoms with van der Waals surface area (Å²) in [6.45, 7) is 0. The molecule has 0 nitrogen and oxygen atoms in total. The van der Waals surface area contributed by atoms with Gasteiger partial charge in [-0.15, -0.1) is 10.8 Å². The Morgan fingerprint density at radius 3 is 1.50 bits per heavy atom. The fraction of sp³-hybridized carbons (Fsp3) is 0. The monoisotopic (exact) mass is 178 g/mol. The van der Waals surface area contributed by atoms with Crippen LogP contribution in [0.1, 0.15) is 0 Å². The fourth-order valence-corrected chi connectivity index (χ4v) is 2.18. The Hall–Kier alpha value is 0.595. The first-order valence-electron chi connectivity index (χ1n) is 2.86. The third-order valence-electron chi connectivity index (χ3n) is 1.18. The van der Waals surface area contributed by atoms with Gasteiger partial charge in [0.25, 0.3) is 0 Å². The van der Waals surface area contributed by atoms with Crippen LogP contribution < -0.4 is 37.7 Å². The van der Waals surface area contributed by atoms with E-state index in [0.29, 0.717) is 0 Å². The van der Waals surface area contributed by atoms with Crippen LogP contribution in [0, 0.1) is 12.1 Å². The Labute approximate surface area is 104 Å². The van der Waals surface area contributed by atoms with E-state index in [9.17, 15) is 0 Å². The number of hydrogen-bond donors (Lipinski definition) is 0. The van der Waals surface area contributed by atoms with E-state index < -0.39 is 0 Å². The molecule has 0 saturated heterocycles. The molecule has 12 heavy (non-hydrogen) atoms. The van der Waals surface area contributed by atoms with E-state index in [1.807, 2.05) is 22.9 Å². The van der Waals surface area contributed by atoms with E-state index in [-0.39, 0.29) is 37.7 Å². The van der Waals surface area contributed by atoms with Crippen LogP contribution in [0.2, 0.25) is 0 Å². The smallest absolute Gasteiger partial charge is 0.283 e. The van der Waals surface area contributed by atoms with Crippen LogP contribution in [0.5, 0.6) is 0 Å². The summed E-state index contributed by atoms with van der Waals surface area (Å²) in [6.07, 6.45) is 0. The zero-order valence-electron chi connectivity index (χ0n) is 7.13. The molecule has 0 fully saturated rings. The summed E-state index contributed by atoms with van der Waals surface area (Å²) >= 11 is 3.43. The van der Waals surface area contributed by atoms with Crippen molar-refractivity contribution in [1.82, 2.24) is 0 Å². The van der Waals surface area contributed by atoms with Gasteiger partial charge < -0.3 is 0 Å². The summed E-state index contributed by atoms with van der Waals surface area (Å²) in [4.78, 5) is 2.57. The van der Waals surface area contributed by atoms with Gasteiger partial charge in [0.05, 0.1) is 0 Å². The average Bonchev–Trinajstić information content (AvgIpc) is 2.59. The predicted octanol–water partition coefficient (Wildman–Crippen LogP) is -2.92. The van der Waals surface area contributed by atoms with Gasteiger partial charge in [0.2, 0.25) is 0 Å². The van der Waals surface area contributed by atoms with E-state index in [1.165, 1.54) is 9.75 Å². The molecule has 0 radical (unpaired) electrons. The quantitative estimate of drug-likeness (QED) is 0.324. The molecule has 0 aliphatic rings. The molecular formula is C8H4Li2S2. The van der Waals surface area contributed by atoms with Crippen molar-refractivity contribution >= 4 is 22.7 Å². The minimum atomic E-state index is 0. The van der Waals surface area contributed by atoms with Gasteiger partial charge >= 0.3 is 37.7 Å². The van der Waals surface area contributed by atoms with Crippen LogP contribution in [-0.4, -0.2) is 0 Å². The molecule has 2 heterocycles. The van der Waals surface area contributed by atoms with E-state index in [4.69, 9.17) is 0 Å². The summed E-state index contributed by atoms with van der Waals surface area (Å²) in [5, 5.41) is 3.93. The Kier molecular flexibility index (Phi) is 6.41. The number of hydrogen-bond acceptors (Lipinski definition) is 2. The second-order valence-corrected chi connectivity index (χ2v) is 3.64. The van der Waals surface area contributed by atoms with Crippen molar-refractivity contribution in [2.75, 3.05) is 0 Å². The Bertz CT molecular complexity index is 254. The van der Waals surface area contributed by atoms with Crippen molar-refractivity contribution < 1.29 is 37.7 Å². The summed E-state index contributed by atoms with van der Waals surface area (Å²) in [5.41, 5.74) is 0. The molecule has 2 aromatic rings.